The second-order valence-electron chi connectivity index (χ2n) is 1.51. The second-order valence-corrected chi connectivity index (χ2v) is 1.51. The van der Waals surface area contributed by atoms with Crippen LogP contribution in [0.4, 0.5) is 0 Å². The van der Waals surface area contributed by atoms with E-state index < -0.39 is 12.1 Å². The molecule has 0 saturated heterocycles. The summed E-state index contributed by atoms with van der Waals surface area (Å²) in [6.45, 7) is 0.243. The summed E-state index contributed by atoms with van der Waals surface area (Å²) in [6.07, 6.45) is -0.954. The molecule has 0 radical (unpaired) electrons. The summed E-state index contributed by atoms with van der Waals surface area (Å²) in [5.74, 6) is -1.08. The molecule has 0 aliphatic carbocycles. The Morgan fingerprint density at radius 1 is 1.38 bits per heavy atom. The van der Waals surface area contributed by atoms with Crippen molar-refractivity contribution < 1.29 is 63.8 Å². The molecule has 0 fully saturated rings. The predicted molar refractivity (Wildman–Crippen MR) is 36.6 cm³/mol. The number of rotatable bonds is 2. The number of aliphatic hydroxyl groups excluding tert-OH is 3. The summed E-state index contributed by atoms with van der Waals surface area (Å²) < 4.78 is 0. The fraction of sp³-hybridized carbons (Fsp3) is 0.800. The molecule has 0 spiro atoms. The van der Waals surface area contributed by atoms with Gasteiger partial charge in [0.2, 0.25) is 0 Å². The number of hydrogen-bond donors (Lipinski definition) is 3. The van der Waals surface area contributed by atoms with Crippen molar-refractivity contribution in [2.75, 3.05) is 13.2 Å². The van der Waals surface area contributed by atoms with Crippen molar-refractivity contribution >= 4 is 29.0 Å². The van der Waals surface area contributed by atoms with Gasteiger partial charge in [0.05, 0.1) is 13.2 Å². The zero-order chi connectivity index (χ0) is 8.57. The first-order valence-corrected chi connectivity index (χ1v) is 2.62. The Bertz CT molecular complexity index is 89.0. The summed E-state index contributed by atoms with van der Waals surface area (Å²) in [5, 5.41) is 32.9. The Morgan fingerprint density at radius 2 is 1.54 bits per heavy atom. The van der Waals surface area contributed by atoms with Gasteiger partial charge in [-0.15, -0.1) is 0 Å². The molecular weight excluding hydrogens is 291 g/mol. The SMILES string of the molecule is CC(=O)[O-].OCC(O)CO.[Cl-].[Mg+2].[Zr+4]. The Balaban J connectivity index is -0.0000000279. The Kier molecular flexibility index (Phi) is 52.3. The Hall–Kier alpha value is 1.29. The van der Waals surface area contributed by atoms with Gasteiger partial charge >= 0.3 is 49.3 Å². The summed E-state index contributed by atoms with van der Waals surface area (Å²) in [4.78, 5) is 8.89. The van der Waals surface area contributed by atoms with Gasteiger partial charge in [-0.3, -0.25) is 0 Å². The number of aliphatic hydroxyl groups is 3. The van der Waals surface area contributed by atoms with Crippen molar-refractivity contribution in [1.29, 1.82) is 0 Å². The van der Waals surface area contributed by atoms with Crippen molar-refractivity contribution in [1.82, 2.24) is 0 Å². The number of carbonyl (C=O) groups is 1. The van der Waals surface area contributed by atoms with E-state index in [1.54, 1.807) is 0 Å². The van der Waals surface area contributed by atoms with E-state index in [4.69, 9.17) is 25.2 Å². The largest absolute Gasteiger partial charge is 4.00 e. The molecule has 0 bridgehead atoms. The minimum absolute atomic E-state index is 0. The Labute approximate surface area is 118 Å². The normalized spacial score (nSPS) is 6.54. The van der Waals surface area contributed by atoms with Gasteiger partial charge in [-0.25, -0.2) is 0 Å². The van der Waals surface area contributed by atoms with Crippen LogP contribution in [0.25, 0.3) is 0 Å². The number of carbonyl (C=O) groups excluding carboxylic acids is 1. The van der Waals surface area contributed by atoms with E-state index in [2.05, 4.69) is 0 Å². The second kappa shape index (κ2) is 23.3. The number of aliphatic carboxylic acids is 1. The average Bonchev–Trinajstić information content (AvgIpc) is 1.85. The van der Waals surface area contributed by atoms with Crippen molar-refractivity contribution in [3.63, 3.8) is 0 Å². The van der Waals surface area contributed by atoms with E-state index in [-0.39, 0.29) is 74.9 Å². The van der Waals surface area contributed by atoms with Crippen molar-refractivity contribution in [3.8, 4) is 0 Å². The van der Waals surface area contributed by atoms with Crippen LogP contribution in [0.3, 0.4) is 0 Å². The molecule has 13 heavy (non-hydrogen) atoms. The molecule has 70 valence electrons. The third-order valence-electron chi connectivity index (χ3n) is 0.421. The zero-order valence-electron chi connectivity index (χ0n) is 7.23. The van der Waals surface area contributed by atoms with Crippen LogP contribution in [0.15, 0.2) is 0 Å². The molecule has 0 heterocycles. The van der Waals surface area contributed by atoms with Gasteiger partial charge in [0.1, 0.15) is 6.10 Å². The van der Waals surface area contributed by atoms with Crippen LogP contribution in [0.2, 0.25) is 0 Å². The molecular formula is C5H11ClMgO5Zr+4. The molecule has 0 aromatic heterocycles. The first-order chi connectivity index (χ1) is 4.54. The van der Waals surface area contributed by atoms with Gasteiger partial charge in [-0.1, -0.05) is 0 Å². The van der Waals surface area contributed by atoms with Crippen molar-refractivity contribution in [2.24, 2.45) is 0 Å². The molecule has 0 aliphatic rings. The summed E-state index contributed by atoms with van der Waals surface area (Å²) in [6, 6.07) is 0. The maximum Gasteiger partial charge on any atom is 4.00 e. The van der Waals surface area contributed by atoms with E-state index in [1.165, 1.54) is 0 Å². The third-order valence-corrected chi connectivity index (χ3v) is 0.421. The topological polar surface area (TPSA) is 101 Å². The minimum atomic E-state index is -1.08. The van der Waals surface area contributed by atoms with Crippen LogP contribution < -0.4 is 17.5 Å². The molecule has 0 unspecified atom stereocenters. The molecule has 0 aromatic rings. The number of carboxylic acids is 1. The van der Waals surface area contributed by atoms with Crippen LogP contribution in [0.1, 0.15) is 6.92 Å². The maximum absolute atomic E-state index is 8.89. The van der Waals surface area contributed by atoms with Crippen LogP contribution in [0.5, 0.6) is 0 Å². The molecule has 0 aromatic carbocycles. The standard InChI is InChI=1S/C3H8O3.C2H4O2.ClH.Mg.Zr/c4-1-3(6)2-5;1-2(3)4;;;/h3-6H,1-2H2;1H3,(H,3,4);1H;;/q;;;+2;+4/p-2. The predicted octanol–water partition coefficient (Wildman–Crippen LogP) is -6.29. The van der Waals surface area contributed by atoms with E-state index in [0.29, 0.717) is 0 Å². The first-order valence-electron chi connectivity index (χ1n) is 2.62. The molecule has 0 amide bonds. The molecule has 0 aliphatic heterocycles. The van der Waals surface area contributed by atoms with Crippen molar-refractivity contribution in [2.45, 2.75) is 13.0 Å². The summed E-state index contributed by atoms with van der Waals surface area (Å²) >= 11 is 0. The molecule has 0 atom stereocenters. The van der Waals surface area contributed by atoms with Crippen LogP contribution in [-0.4, -0.2) is 63.7 Å². The molecule has 3 N–H and O–H groups in total. The van der Waals surface area contributed by atoms with Crippen molar-refractivity contribution in [3.05, 3.63) is 0 Å². The molecule has 5 nitrogen and oxygen atoms in total. The quantitative estimate of drug-likeness (QED) is 0.441. The zero-order valence-corrected chi connectivity index (χ0v) is 11.9. The number of hydrogen-bond acceptors (Lipinski definition) is 5. The number of carboxylic acid groups (broad SMARTS) is 1. The summed E-state index contributed by atoms with van der Waals surface area (Å²) in [5.41, 5.74) is 0. The smallest absolute Gasteiger partial charge is 1.00 e. The van der Waals surface area contributed by atoms with Gasteiger partial charge in [0, 0.05) is 5.97 Å². The van der Waals surface area contributed by atoms with Crippen LogP contribution in [-0.2, 0) is 31.0 Å². The van der Waals surface area contributed by atoms with Crippen LogP contribution >= 0.6 is 0 Å². The van der Waals surface area contributed by atoms with Gasteiger partial charge in [-0.05, 0) is 6.92 Å². The fourth-order valence-electron chi connectivity index (χ4n) is 0.0577. The van der Waals surface area contributed by atoms with E-state index in [1.807, 2.05) is 0 Å². The van der Waals surface area contributed by atoms with Crippen LogP contribution in [0, 0.1) is 0 Å². The monoisotopic (exact) mass is 300 g/mol. The molecule has 0 rings (SSSR count). The molecule has 0 saturated carbocycles. The summed E-state index contributed by atoms with van der Waals surface area (Å²) in [7, 11) is 0. The Morgan fingerprint density at radius 3 is 1.54 bits per heavy atom. The first kappa shape index (κ1) is 29.2. The third kappa shape index (κ3) is 60.5. The molecule has 8 heteroatoms. The van der Waals surface area contributed by atoms with Gasteiger partial charge in [0.15, 0.2) is 0 Å². The van der Waals surface area contributed by atoms with E-state index in [9.17, 15) is 0 Å². The number of halogens is 1. The van der Waals surface area contributed by atoms with E-state index in [0.717, 1.165) is 6.92 Å². The van der Waals surface area contributed by atoms with Gasteiger partial charge < -0.3 is 37.6 Å². The fourth-order valence-corrected chi connectivity index (χ4v) is 0.0577. The van der Waals surface area contributed by atoms with Gasteiger partial charge in [0.25, 0.3) is 0 Å². The maximum atomic E-state index is 8.89. The van der Waals surface area contributed by atoms with E-state index >= 15 is 0 Å². The van der Waals surface area contributed by atoms with Gasteiger partial charge in [-0.2, -0.15) is 0 Å². The average molecular weight is 302 g/mol. The minimum Gasteiger partial charge on any atom is -1.00 e.